The lowest BCUT2D eigenvalue weighted by molar-refractivity contribution is -0.139. The van der Waals surface area contributed by atoms with Crippen LogP contribution >= 0.6 is 0 Å². The zero-order valence-electron chi connectivity index (χ0n) is 13.2. The Balaban J connectivity index is 2.18. The summed E-state index contributed by atoms with van der Waals surface area (Å²) in [4.78, 5) is 13.4. The van der Waals surface area contributed by atoms with E-state index in [9.17, 15) is 4.79 Å². The van der Waals surface area contributed by atoms with Crippen LogP contribution in [0.3, 0.4) is 0 Å². The van der Waals surface area contributed by atoms with Crippen molar-refractivity contribution in [3.8, 4) is 0 Å². The molecule has 0 aliphatic carbocycles. The first-order chi connectivity index (χ1) is 10.1. The molecule has 1 aromatic rings. The second-order valence-corrected chi connectivity index (χ2v) is 5.56. The summed E-state index contributed by atoms with van der Waals surface area (Å²) >= 11 is 0. The molecular formula is C17H28N2O2. The minimum atomic E-state index is -0.735. The summed E-state index contributed by atoms with van der Waals surface area (Å²) in [5.41, 5.74) is 1.30. The molecule has 2 N–H and O–H groups in total. The summed E-state index contributed by atoms with van der Waals surface area (Å²) in [6.07, 6.45) is 3.66. The van der Waals surface area contributed by atoms with Gasteiger partial charge in [0.2, 0.25) is 0 Å². The van der Waals surface area contributed by atoms with Gasteiger partial charge >= 0.3 is 5.97 Å². The molecule has 4 heteroatoms. The minimum absolute atomic E-state index is 0.399. The Kier molecular flexibility index (Phi) is 8.71. The van der Waals surface area contributed by atoms with Crippen LogP contribution in [0.4, 0.5) is 0 Å². The highest BCUT2D eigenvalue weighted by Gasteiger charge is 2.15. The van der Waals surface area contributed by atoms with Gasteiger partial charge in [-0.1, -0.05) is 50.1 Å². The molecule has 0 radical (unpaired) electrons. The highest BCUT2D eigenvalue weighted by atomic mass is 16.4. The highest BCUT2D eigenvalue weighted by Crippen LogP contribution is 2.03. The number of nitrogens with one attached hydrogen (secondary N) is 1. The van der Waals surface area contributed by atoms with Gasteiger partial charge in [0.1, 0.15) is 6.04 Å². The van der Waals surface area contributed by atoms with Crippen molar-refractivity contribution in [1.29, 1.82) is 0 Å². The first-order valence-corrected chi connectivity index (χ1v) is 7.82. The number of hydrogen-bond donors (Lipinski definition) is 2. The lowest BCUT2D eigenvalue weighted by atomic mass is 10.1. The van der Waals surface area contributed by atoms with E-state index in [1.54, 1.807) is 0 Å². The van der Waals surface area contributed by atoms with E-state index in [1.165, 1.54) is 5.56 Å². The fraction of sp³-hybridized carbons (Fsp3) is 0.588. The van der Waals surface area contributed by atoms with Gasteiger partial charge in [0.15, 0.2) is 0 Å². The molecule has 1 atom stereocenters. The third-order valence-electron chi connectivity index (χ3n) is 3.55. The predicted molar refractivity (Wildman–Crippen MR) is 86.3 cm³/mol. The second kappa shape index (κ2) is 10.4. The number of hydrogen-bond acceptors (Lipinski definition) is 3. The standard InChI is InChI=1S/C17H28N2O2/c1-3-4-11-16(17(20)21)18-12-8-13-19(2)14-15-9-6-5-7-10-15/h5-7,9-10,16,18H,3-4,8,11-14H2,1-2H3,(H,20,21). The number of aliphatic carboxylic acids is 1. The molecule has 21 heavy (non-hydrogen) atoms. The fourth-order valence-electron chi connectivity index (χ4n) is 2.32. The third kappa shape index (κ3) is 7.83. The highest BCUT2D eigenvalue weighted by molar-refractivity contribution is 5.73. The van der Waals surface area contributed by atoms with Crippen molar-refractivity contribution >= 4 is 5.97 Å². The topological polar surface area (TPSA) is 52.6 Å². The molecule has 1 rings (SSSR count). The largest absolute Gasteiger partial charge is 0.480 e. The number of rotatable bonds is 11. The fourth-order valence-corrected chi connectivity index (χ4v) is 2.32. The maximum Gasteiger partial charge on any atom is 0.320 e. The summed E-state index contributed by atoms with van der Waals surface area (Å²) in [5.74, 6) is -0.735. The smallest absolute Gasteiger partial charge is 0.320 e. The number of carboxylic acid groups (broad SMARTS) is 1. The summed E-state index contributed by atoms with van der Waals surface area (Å²) in [6.45, 7) is 4.72. The molecule has 0 saturated carbocycles. The van der Waals surface area contributed by atoms with Crippen molar-refractivity contribution in [2.45, 2.75) is 45.2 Å². The zero-order chi connectivity index (χ0) is 15.5. The van der Waals surface area contributed by atoms with Crippen LogP contribution in [0.1, 0.15) is 38.2 Å². The van der Waals surface area contributed by atoms with Crippen LogP contribution in [0.2, 0.25) is 0 Å². The van der Waals surface area contributed by atoms with Gasteiger partial charge in [0.25, 0.3) is 0 Å². The summed E-state index contributed by atoms with van der Waals surface area (Å²) in [6, 6.07) is 9.98. The Bertz CT molecular complexity index is 395. The molecule has 0 heterocycles. The van der Waals surface area contributed by atoms with Gasteiger partial charge in [0.05, 0.1) is 0 Å². The van der Waals surface area contributed by atoms with Crippen LogP contribution in [0.5, 0.6) is 0 Å². The van der Waals surface area contributed by atoms with Crippen molar-refractivity contribution in [2.24, 2.45) is 0 Å². The summed E-state index contributed by atoms with van der Waals surface area (Å²) in [5, 5.41) is 12.3. The molecule has 0 fully saturated rings. The molecule has 0 aliphatic rings. The average Bonchev–Trinajstić information content (AvgIpc) is 2.47. The van der Waals surface area contributed by atoms with Gasteiger partial charge in [-0.05, 0) is 38.5 Å². The van der Waals surface area contributed by atoms with Crippen LogP contribution in [0.25, 0.3) is 0 Å². The molecule has 1 unspecified atom stereocenters. The zero-order valence-corrected chi connectivity index (χ0v) is 13.2. The van der Waals surface area contributed by atoms with Gasteiger partial charge < -0.3 is 15.3 Å². The number of carbonyl (C=O) groups is 1. The molecule has 0 bridgehead atoms. The van der Waals surface area contributed by atoms with Crippen molar-refractivity contribution in [1.82, 2.24) is 10.2 Å². The number of benzene rings is 1. The summed E-state index contributed by atoms with van der Waals surface area (Å²) in [7, 11) is 2.10. The van der Waals surface area contributed by atoms with E-state index < -0.39 is 12.0 Å². The Hall–Kier alpha value is -1.39. The van der Waals surface area contributed by atoms with E-state index in [4.69, 9.17) is 5.11 Å². The van der Waals surface area contributed by atoms with Crippen molar-refractivity contribution in [3.63, 3.8) is 0 Å². The monoisotopic (exact) mass is 292 g/mol. The van der Waals surface area contributed by atoms with E-state index in [-0.39, 0.29) is 0 Å². The molecule has 4 nitrogen and oxygen atoms in total. The molecular weight excluding hydrogens is 264 g/mol. The van der Waals surface area contributed by atoms with E-state index >= 15 is 0 Å². The summed E-state index contributed by atoms with van der Waals surface area (Å²) < 4.78 is 0. The van der Waals surface area contributed by atoms with Crippen molar-refractivity contribution in [2.75, 3.05) is 20.1 Å². The van der Waals surface area contributed by atoms with E-state index in [0.29, 0.717) is 6.42 Å². The predicted octanol–water partition coefficient (Wildman–Crippen LogP) is 2.74. The maximum absolute atomic E-state index is 11.1. The molecule has 0 amide bonds. The quantitative estimate of drug-likeness (QED) is 0.616. The second-order valence-electron chi connectivity index (χ2n) is 5.56. The van der Waals surface area contributed by atoms with Gasteiger partial charge in [-0.2, -0.15) is 0 Å². The van der Waals surface area contributed by atoms with E-state index in [1.807, 2.05) is 6.07 Å². The van der Waals surface area contributed by atoms with Crippen molar-refractivity contribution < 1.29 is 9.90 Å². The average molecular weight is 292 g/mol. The van der Waals surface area contributed by atoms with E-state index in [0.717, 1.165) is 38.9 Å². The Morgan fingerprint density at radius 3 is 2.62 bits per heavy atom. The Morgan fingerprint density at radius 2 is 2.00 bits per heavy atom. The Labute approximate surface area is 128 Å². The van der Waals surface area contributed by atoms with Crippen LogP contribution in [-0.4, -0.2) is 42.2 Å². The maximum atomic E-state index is 11.1. The lowest BCUT2D eigenvalue weighted by Gasteiger charge is -2.18. The first-order valence-electron chi connectivity index (χ1n) is 7.82. The van der Waals surface area contributed by atoms with Crippen molar-refractivity contribution in [3.05, 3.63) is 35.9 Å². The van der Waals surface area contributed by atoms with Gasteiger partial charge in [-0.15, -0.1) is 0 Å². The van der Waals surface area contributed by atoms with Gasteiger partial charge in [-0.3, -0.25) is 4.79 Å². The lowest BCUT2D eigenvalue weighted by Crippen LogP contribution is -2.38. The molecule has 1 aromatic carbocycles. The Morgan fingerprint density at radius 1 is 1.29 bits per heavy atom. The number of unbranched alkanes of at least 4 members (excludes halogenated alkanes) is 1. The first kappa shape index (κ1) is 17.7. The van der Waals surface area contributed by atoms with Crippen LogP contribution in [-0.2, 0) is 11.3 Å². The third-order valence-corrected chi connectivity index (χ3v) is 3.55. The van der Waals surface area contributed by atoms with Crippen LogP contribution < -0.4 is 5.32 Å². The molecule has 0 saturated heterocycles. The van der Waals surface area contributed by atoms with Crippen LogP contribution in [0.15, 0.2) is 30.3 Å². The minimum Gasteiger partial charge on any atom is -0.480 e. The molecule has 118 valence electrons. The normalized spacial score (nSPS) is 12.5. The number of nitrogens with zero attached hydrogens (tertiary/aromatic N) is 1. The SMILES string of the molecule is CCCCC(NCCCN(C)Cc1ccccc1)C(=O)O. The molecule has 0 aliphatic heterocycles. The van der Waals surface area contributed by atoms with E-state index in [2.05, 4.69) is 48.5 Å². The molecule has 0 aromatic heterocycles. The van der Waals surface area contributed by atoms with Crippen LogP contribution in [0, 0.1) is 0 Å². The number of carboxylic acids is 1. The molecule has 0 spiro atoms. The van der Waals surface area contributed by atoms with Gasteiger partial charge in [-0.25, -0.2) is 0 Å². The van der Waals surface area contributed by atoms with Gasteiger partial charge in [0, 0.05) is 6.54 Å².